The Bertz CT molecular complexity index is 1330. The van der Waals surface area contributed by atoms with Crippen molar-refractivity contribution >= 4 is 23.2 Å². The Morgan fingerprint density at radius 2 is 1.87 bits per heavy atom. The maximum Gasteiger partial charge on any atom is 0.349 e. The van der Waals surface area contributed by atoms with Crippen molar-refractivity contribution in [1.82, 2.24) is 25.0 Å². The molecule has 31 heavy (non-hydrogen) atoms. The smallest absolute Gasteiger partial charge is 0.349 e. The lowest BCUT2D eigenvalue weighted by Crippen LogP contribution is -2.34. The number of alkyl halides is 2. The highest BCUT2D eigenvalue weighted by Gasteiger charge is 2.23. The van der Waals surface area contributed by atoms with Crippen molar-refractivity contribution in [1.29, 1.82) is 0 Å². The zero-order chi connectivity index (χ0) is 22.3. The summed E-state index contributed by atoms with van der Waals surface area (Å²) in [6.07, 6.45) is -2.09. The molecule has 0 atom stereocenters. The number of nitrogens with one attached hydrogen (secondary N) is 2. The summed E-state index contributed by atoms with van der Waals surface area (Å²) in [4.78, 5) is 37.1. The Morgan fingerprint density at radius 3 is 2.55 bits per heavy atom. The van der Waals surface area contributed by atoms with Gasteiger partial charge >= 0.3 is 11.2 Å². The van der Waals surface area contributed by atoms with Crippen LogP contribution in [0.25, 0.3) is 5.69 Å². The van der Waals surface area contributed by atoms with E-state index in [0.29, 0.717) is 29.7 Å². The second kappa shape index (κ2) is 8.12. The number of benzene rings is 1. The van der Waals surface area contributed by atoms with Gasteiger partial charge in [-0.3, -0.25) is 14.6 Å². The summed E-state index contributed by atoms with van der Waals surface area (Å²) < 4.78 is 37.5. The molecule has 2 aromatic heterocycles. The van der Waals surface area contributed by atoms with E-state index in [1.807, 2.05) is 0 Å². The van der Waals surface area contributed by atoms with Crippen LogP contribution in [0.5, 0.6) is 17.4 Å². The first-order valence-electron chi connectivity index (χ1n) is 8.69. The van der Waals surface area contributed by atoms with Gasteiger partial charge in [-0.15, -0.1) is 5.10 Å². The molecule has 0 spiro atoms. The Morgan fingerprint density at radius 1 is 1.16 bits per heavy atom. The number of ether oxygens (including phenoxy) is 2. The zero-order valence-corrected chi connectivity index (χ0v) is 16.8. The van der Waals surface area contributed by atoms with Crippen LogP contribution in [0.2, 0.25) is 10.0 Å². The van der Waals surface area contributed by atoms with E-state index in [4.69, 9.17) is 32.7 Å². The molecule has 0 saturated carbocycles. The number of hydrogen-bond donors (Lipinski definition) is 2. The minimum absolute atomic E-state index is 0.0187. The fraction of sp³-hybridized carbons (Fsp3) is 0.235. The highest BCUT2D eigenvalue weighted by atomic mass is 35.5. The topological polar surface area (TPSA) is 132 Å². The van der Waals surface area contributed by atoms with Gasteiger partial charge in [0.25, 0.3) is 12.0 Å². The summed E-state index contributed by atoms with van der Waals surface area (Å²) in [7, 11) is 0. The molecule has 3 heterocycles. The molecule has 14 heteroatoms. The average molecular weight is 474 g/mol. The third-order valence-electron chi connectivity index (χ3n) is 4.30. The Kier molecular flexibility index (Phi) is 5.50. The maximum atomic E-state index is 13.0. The van der Waals surface area contributed by atoms with Crippen LogP contribution in [-0.4, -0.2) is 31.6 Å². The van der Waals surface area contributed by atoms with Gasteiger partial charge in [0.1, 0.15) is 0 Å². The number of halogens is 4. The Labute approximate surface area is 180 Å². The highest BCUT2D eigenvalue weighted by Crippen LogP contribution is 2.39. The lowest BCUT2D eigenvalue weighted by molar-refractivity contribution is 0.141. The van der Waals surface area contributed by atoms with E-state index in [1.165, 1.54) is 12.1 Å². The third kappa shape index (κ3) is 3.91. The van der Waals surface area contributed by atoms with E-state index in [-0.39, 0.29) is 33.1 Å². The molecule has 162 valence electrons. The molecule has 1 aliphatic rings. The van der Waals surface area contributed by atoms with Crippen LogP contribution in [-0.2, 0) is 6.42 Å². The molecule has 0 saturated heterocycles. The van der Waals surface area contributed by atoms with Crippen LogP contribution in [0.3, 0.4) is 0 Å². The molecule has 0 aliphatic carbocycles. The van der Waals surface area contributed by atoms with E-state index in [2.05, 4.69) is 15.3 Å². The number of nitrogens with zero attached hydrogens (tertiary/aromatic N) is 3. The summed E-state index contributed by atoms with van der Waals surface area (Å²) in [5.74, 6) is 0.0415. The number of hydrogen-bond acceptors (Lipinski definition) is 7. The van der Waals surface area contributed by atoms with Crippen LogP contribution in [0.15, 0.2) is 26.5 Å². The molecule has 10 nitrogen and oxygen atoms in total. The molecule has 2 N–H and O–H groups in total. The van der Waals surface area contributed by atoms with Gasteiger partial charge in [-0.1, -0.05) is 23.2 Å². The minimum Gasteiger partial charge on any atom is -0.487 e. The van der Waals surface area contributed by atoms with Crippen molar-refractivity contribution in [2.45, 2.75) is 19.3 Å². The van der Waals surface area contributed by atoms with Gasteiger partial charge in [0.05, 0.1) is 27.9 Å². The molecule has 0 amide bonds. The predicted octanol–water partition coefficient (Wildman–Crippen LogP) is 2.37. The van der Waals surface area contributed by atoms with Crippen molar-refractivity contribution in [3.8, 4) is 23.1 Å². The van der Waals surface area contributed by atoms with Crippen LogP contribution < -0.4 is 26.3 Å². The van der Waals surface area contributed by atoms with Crippen molar-refractivity contribution in [3.05, 3.63) is 64.6 Å². The third-order valence-corrected chi connectivity index (χ3v) is 4.86. The van der Waals surface area contributed by atoms with E-state index >= 15 is 0 Å². The molecule has 3 aromatic rings. The SMILES string of the molecule is O=c1[nH]c(=O)n(-c2cc(Cl)c(Oc3n[nH]c(=O)c4c3CCCO4)c(Cl)c2)nc1C(F)F. The van der Waals surface area contributed by atoms with Crippen molar-refractivity contribution in [2.24, 2.45) is 0 Å². The Balaban J connectivity index is 1.77. The summed E-state index contributed by atoms with van der Waals surface area (Å²) >= 11 is 12.5. The van der Waals surface area contributed by atoms with Crippen LogP contribution in [0.4, 0.5) is 8.78 Å². The minimum atomic E-state index is -3.20. The lowest BCUT2D eigenvalue weighted by Gasteiger charge is -2.19. The summed E-state index contributed by atoms with van der Waals surface area (Å²) in [5.41, 5.74) is -3.67. The summed E-state index contributed by atoms with van der Waals surface area (Å²) in [6.45, 7) is 0.372. The zero-order valence-electron chi connectivity index (χ0n) is 15.2. The fourth-order valence-electron chi connectivity index (χ4n) is 2.93. The lowest BCUT2D eigenvalue weighted by atomic mass is 10.1. The van der Waals surface area contributed by atoms with E-state index < -0.39 is 28.9 Å². The van der Waals surface area contributed by atoms with Gasteiger partial charge in [0.15, 0.2) is 17.2 Å². The molecule has 1 aliphatic heterocycles. The van der Waals surface area contributed by atoms with E-state index in [0.717, 1.165) is 0 Å². The van der Waals surface area contributed by atoms with Gasteiger partial charge in [0, 0.05) is 0 Å². The molecule has 0 unspecified atom stereocenters. The molecule has 1 aromatic carbocycles. The van der Waals surface area contributed by atoms with Gasteiger partial charge in [-0.25, -0.2) is 18.7 Å². The Hall–Kier alpha value is -3.25. The molecular weight excluding hydrogens is 463 g/mol. The number of H-pyrrole nitrogens is 2. The standard InChI is InChI=1S/C17H11Cl2F2N5O5/c18-8-4-6(26-17(29)22-14(27)10(25-26)13(20)21)5-9(19)12(8)31-16-7-2-1-3-30-11(7)15(28)23-24-16/h4-5,13H,1-3H2,(H,23,28)(H,22,27,29). The first kappa shape index (κ1) is 21.0. The second-order valence-electron chi connectivity index (χ2n) is 6.32. The molecule has 0 fully saturated rings. The predicted molar refractivity (Wildman–Crippen MR) is 104 cm³/mol. The van der Waals surface area contributed by atoms with Gasteiger partial charge in [-0.2, -0.15) is 9.78 Å². The second-order valence-corrected chi connectivity index (χ2v) is 7.13. The number of rotatable bonds is 4. The van der Waals surface area contributed by atoms with E-state index in [9.17, 15) is 23.2 Å². The molecule has 0 radical (unpaired) electrons. The van der Waals surface area contributed by atoms with Crippen molar-refractivity contribution in [2.75, 3.05) is 6.61 Å². The van der Waals surface area contributed by atoms with Gasteiger partial charge in [0.2, 0.25) is 5.88 Å². The van der Waals surface area contributed by atoms with Crippen LogP contribution >= 0.6 is 23.2 Å². The van der Waals surface area contributed by atoms with Crippen LogP contribution in [0.1, 0.15) is 24.1 Å². The number of aromatic nitrogens is 5. The quantitative estimate of drug-likeness (QED) is 0.594. The van der Waals surface area contributed by atoms with Crippen molar-refractivity contribution in [3.63, 3.8) is 0 Å². The average Bonchev–Trinajstić information content (AvgIpc) is 2.72. The first-order chi connectivity index (χ1) is 14.8. The number of aromatic amines is 2. The molecular formula is C17H11Cl2F2N5O5. The largest absolute Gasteiger partial charge is 0.487 e. The summed E-state index contributed by atoms with van der Waals surface area (Å²) in [6, 6.07) is 2.36. The fourth-order valence-corrected chi connectivity index (χ4v) is 3.48. The van der Waals surface area contributed by atoms with Crippen LogP contribution in [0, 0.1) is 0 Å². The van der Waals surface area contributed by atoms with Crippen molar-refractivity contribution < 1.29 is 18.3 Å². The molecule has 4 rings (SSSR count). The maximum absolute atomic E-state index is 13.0. The monoisotopic (exact) mass is 473 g/mol. The molecule has 0 bridgehead atoms. The van der Waals surface area contributed by atoms with Gasteiger partial charge < -0.3 is 9.47 Å². The number of fused-ring (bicyclic) bond motifs is 1. The summed E-state index contributed by atoms with van der Waals surface area (Å²) in [5, 5.41) is 9.27. The van der Waals surface area contributed by atoms with Gasteiger partial charge in [-0.05, 0) is 25.0 Å². The highest BCUT2D eigenvalue weighted by molar-refractivity contribution is 6.37. The van der Waals surface area contributed by atoms with E-state index in [1.54, 1.807) is 4.98 Å². The first-order valence-corrected chi connectivity index (χ1v) is 9.45. The normalized spacial score (nSPS) is 13.1.